The maximum Gasteiger partial charge on any atom is 0.234 e. The molecule has 0 atom stereocenters. The van der Waals surface area contributed by atoms with Gasteiger partial charge in [-0.1, -0.05) is 58.2 Å². The highest BCUT2D eigenvalue weighted by Crippen LogP contribution is 2.31. The van der Waals surface area contributed by atoms with Crippen molar-refractivity contribution in [2.45, 2.75) is 18.6 Å². The number of rotatable bonds is 6. The van der Waals surface area contributed by atoms with Crippen molar-refractivity contribution in [2.75, 3.05) is 11.1 Å². The van der Waals surface area contributed by atoms with Crippen molar-refractivity contribution in [3.05, 3.63) is 56.5 Å². The number of aromatic nitrogens is 3. The fourth-order valence-corrected chi connectivity index (χ4v) is 4.33. The second-order valence-corrected chi connectivity index (χ2v) is 8.33. The lowest BCUT2D eigenvalue weighted by atomic mass is 10.2. The molecule has 28 heavy (non-hydrogen) atoms. The Hall–Kier alpha value is -1.44. The van der Waals surface area contributed by atoms with Crippen molar-refractivity contribution in [3.8, 4) is 11.4 Å². The van der Waals surface area contributed by atoms with Crippen molar-refractivity contribution < 1.29 is 4.79 Å². The number of thioether (sulfide) groups is 1. The Balaban J connectivity index is 1.72. The second kappa shape index (κ2) is 9.37. The first-order valence-electron chi connectivity index (χ1n) is 8.14. The summed E-state index contributed by atoms with van der Waals surface area (Å²) >= 11 is 25.4. The zero-order chi connectivity index (χ0) is 20.3. The van der Waals surface area contributed by atoms with E-state index >= 15 is 0 Å². The minimum atomic E-state index is -0.208. The summed E-state index contributed by atoms with van der Waals surface area (Å²) in [5.41, 5.74) is 1.26. The molecule has 0 fully saturated rings. The third-order valence-corrected chi connectivity index (χ3v) is 5.63. The highest BCUT2D eigenvalue weighted by atomic mass is 35.5. The first-order chi connectivity index (χ1) is 13.4. The molecule has 1 amide bonds. The molecule has 0 saturated heterocycles. The topological polar surface area (TPSA) is 59.8 Å². The van der Waals surface area contributed by atoms with Crippen molar-refractivity contribution in [1.29, 1.82) is 0 Å². The molecule has 3 rings (SSSR count). The molecule has 0 spiro atoms. The minimum Gasteiger partial charge on any atom is -0.325 e. The number of nitrogens with zero attached hydrogens (tertiary/aromatic N) is 3. The van der Waals surface area contributed by atoms with Crippen LogP contribution < -0.4 is 5.32 Å². The Labute approximate surface area is 186 Å². The molecule has 0 aliphatic carbocycles. The smallest absolute Gasteiger partial charge is 0.234 e. The number of amides is 1. The predicted molar refractivity (Wildman–Crippen MR) is 117 cm³/mol. The van der Waals surface area contributed by atoms with Gasteiger partial charge >= 0.3 is 0 Å². The maximum absolute atomic E-state index is 12.3. The fourth-order valence-electron chi connectivity index (χ4n) is 2.50. The van der Waals surface area contributed by atoms with Gasteiger partial charge in [-0.2, -0.15) is 0 Å². The van der Waals surface area contributed by atoms with Crippen molar-refractivity contribution >= 4 is 69.8 Å². The molecule has 1 aromatic heterocycles. The van der Waals surface area contributed by atoms with Gasteiger partial charge in [0.05, 0.1) is 10.8 Å². The monoisotopic (exact) mass is 474 g/mol. The number of hydrogen-bond donors (Lipinski definition) is 1. The van der Waals surface area contributed by atoms with Crippen LogP contribution in [0.5, 0.6) is 0 Å². The maximum atomic E-state index is 12.3. The summed E-state index contributed by atoms with van der Waals surface area (Å²) in [5, 5.41) is 13.7. The Morgan fingerprint density at radius 2 is 1.75 bits per heavy atom. The van der Waals surface area contributed by atoms with E-state index in [9.17, 15) is 4.79 Å². The van der Waals surface area contributed by atoms with E-state index in [-0.39, 0.29) is 11.7 Å². The number of anilines is 1. The van der Waals surface area contributed by atoms with E-state index < -0.39 is 0 Å². The zero-order valence-corrected chi connectivity index (χ0v) is 18.4. The molecular formula is C18H14Cl4N4OS. The average Bonchev–Trinajstić information content (AvgIpc) is 3.01. The SMILES string of the molecule is CCn1c(SCC(=O)Nc2cc(Cl)cc(Cl)c2)nnc1-c1ccc(Cl)cc1Cl. The molecule has 10 heteroatoms. The molecule has 0 aliphatic heterocycles. The Morgan fingerprint density at radius 3 is 2.39 bits per heavy atom. The van der Waals surface area contributed by atoms with E-state index in [1.807, 2.05) is 11.5 Å². The van der Waals surface area contributed by atoms with Gasteiger partial charge in [0.15, 0.2) is 11.0 Å². The Bertz CT molecular complexity index is 1000. The Kier molecular flexibility index (Phi) is 7.12. The summed E-state index contributed by atoms with van der Waals surface area (Å²) in [4.78, 5) is 12.3. The molecule has 146 valence electrons. The summed E-state index contributed by atoms with van der Waals surface area (Å²) in [6.07, 6.45) is 0. The fraction of sp³-hybridized carbons (Fsp3) is 0.167. The summed E-state index contributed by atoms with van der Waals surface area (Å²) < 4.78 is 1.89. The van der Waals surface area contributed by atoms with Crippen LogP contribution in [-0.4, -0.2) is 26.4 Å². The standard InChI is InChI=1S/C18H14Cl4N4OS/c1-2-26-17(14-4-3-10(19)8-15(14)22)24-25-18(26)28-9-16(27)23-13-6-11(20)5-12(21)7-13/h3-8H,2,9H2,1H3,(H,23,27). The molecule has 0 radical (unpaired) electrons. The first-order valence-corrected chi connectivity index (χ1v) is 10.6. The third kappa shape index (κ3) is 5.13. The molecule has 2 aromatic carbocycles. The van der Waals surface area contributed by atoms with Gasteiger partial charge in [0.1, 0.15) is 0 Å². The summed E-state index contributed by atoms with van der Waals surface area (Å²) in [6.45, 7) is 2.59. The molecule has 0 unspecified atom stereocenters. The first kappa shape index (κ1) is 21.3. The van der Waals surface area contributed by atoms with E-state index in [1.54, 1.807) is 36.4 Å². The van der Waals surface area contributed by atoms with Gasteiger partial charge in [-0.15, -0.1) is 10.2 Å². The van der Waals surface area contributed by atoms with E-state index in [4.69, 9.17) is 46.4 Å². The van der Waals surface area contributed by atoms with Gasteiger partial charge in [-0.25, -0.2) is 0 Å². The van der Waals surface area contributed by atoms with Gasteiger partial charge in [0.2, 0.25) is 5.91 Å². The number of nitrogens with one attached hydrogen (secondary N) is 1. The number of benzene rings is 2. The lowest BCUT2D eigenvalue weighted by molar-refractivity contribution is -0.113. The minimum absolute atomic E-state index is 0.149. The van der Waals surface area contributed by atoms with Gasteiger partial charge in [-0.3, -0.25) is 4.79 Å². The zero-order valence-electron chi connectivity index (χ0n) is 14.5. The van der Waals surface area contributed by atoms with Crippen molar-refractivity contribution in [1.82, 2.24) is 14.8 Å². The summed E-state index contributed by atoms with van der Waals surface area (Å²) in [6, 6.07) is 10.1. The number of hydrogen-bond acceptors (Lipinski definition) is 4. The van der Waals surface area contributed by atoms with Crippen LogP contribution in [-0.2, 0) is 11.3 Å². The molecule has 3 aromatic rings. The second-order valence-electron chi connectivity index (χ2n) is 5.67. The third-order valence-electron chi connectivity index (χ3n) is 3.68. The lowest BCUT2D eigenvalue weighted by Crippen LogP contribution is -2.14. The molecule has 0 saturated carbocycles. The summed E-state index contributed by atoms with van der Waals surface area (Å²) in [5.74, 6) is 0.560. The van der Waals surface area contributed by atoms with E-state index in [0.717, 1.165) is 5.56 Å². The van der Waals surface area contributed by atoms with Crippen LogP contribution in [0.15, 0.2) is 41.6 Å². The van der Waals surface area contributed by atoms with Crippen LogP contribution in [0.25, 0.3) is 11.4 Å². The van der Waals surface area contributed by atoms with E-state index in [0.29, 0.717) is 43.3 Å². The van der Waals surface area contributed by atoms with Crippen LogP contribution in [0.1, 0.15) is 6.92 Å². The number of halogens is 4. The molecular weight excluding hydrogens is 462 g/mol. The van der Waals surface area contributed by atoms with Gasteiger partial charge < -0.3 is 9.88 Å². The predicted octanol–water partition coefficient (Wildman–Crippen LogP) is 6.31. The van der Waals surface area contributed by atoms with Crippen LogP contribution in [0.2, 0.25) is 20.1 Å². The molecule has 1 heterocycles. The normalized spacial score (nSPS) is 10.9. The van der Waals surface area contributed by atoms with Crippen LogP contribution in [0.4, 0.5) is 5.69 Å². The van der Waals surface area contributed by atoms with Crippen LogP contribution in [0.3, 0.4) is 0 Å². The lowest BCUT2D eigenvalue weighted by Gasteiger charge is -2.09. The molecule has 0 bridgehead atoms. The quantitative estimate of drug-likeness (QED) is 0.424. The van der Waals surface area contributed by atoms with E-state index in [1.165, 1.54) is 11.8 Å². The van der Waals surface area contributed by atoms with Gasteiger partial charge in [0, 0.05) is 32.9 Å². The largest absolute Gasteiger partial charge is 0.325 e. The number of carbonyl (C=O) groups excluding carboxylic acids is 1. The average molecular weight is 476 g/mol. The van der Waals surface area contributed by atoms with E-state index in [2.05, 4.69) is 15.5 Å². The summed E-state index contributed by atoms with van der Waals surface area (Å²) in [7, 11) is 0. The van der Waals surface area contributed by atoms with Crippen LogP contribution in [0, 0.1) is 0 Å². The van der Waals surface area contributed by atoms with Gasteiger partial charge in [-0.05, 0) is 43.3 Å². The number of carbonyl (C=O) groups is 1. The molecule has 5 nitrogen and oxygen atoms in total. The van der Waals surface area contributed by atoms with Crippen molar-refractivity contribution in [3.63, 3.8) is 0 Å². The highest BCUT2D eigenvalue weighted by Gasteiger charge is 2.17. The molecule has 0 aliphatic rings. The van der Waals surface area contributed by atoms with Crippen LogP contribution >= 0.6 is 58.2 Å². The highest BCUT2D eigenvalue weighted by molar-refractivity contribution is 7.99. The van der Waals surface area contributed by atoms with Gasteiger partial charge in [0.25, 0.3) is 0 Å². The van der Waals surface area contributed by atoms with Crippen molar-refractivity contribution in [2.24, 2.45) is 0 Å². The Morgan fingerprint density at radius 1 is 1.04 bits per heavy atom. The molecule has 1 N–H and O–H groups in total.